The van der Waals surface area contributed by atoms with Gasteiger partial charge in [0.25, 0.3) is 0 Å². The average molecular weight is 410 g/mol. The van der Waals surface area contributed by atoms with E-state index in [0.29, 0.717) is 51.7 Å². The van der Waals surface area contributed by atoms with E-state index in [1.165, 1.54) is 4.31 Å². The topological polar surface area (TPSA) is 79.4 Å². The Labute approximate surface area is 166 Å². The molecule has 2 saturated heterocycles. The third kappa shape index (κ3) is 3.41. The van der Waals surface area contributed by atoms with Crippen LogP contribution in [0.3, 0.4) is 0 Å². The second kappa shape index (κ2) is 7.98. The fraction of sp³-hybridized carbons (Fsp3) is 0.632. The van der Waals surface area contributed by atoms with Crippen LogP contribution in [-0.4, -0.2) is 88.7 Å². The molecule has 0 radical (unpaired) electrons. The molecule has 0 N–H and O–H groups in total. The molecule has 9 heteroatoms. The molecule has 0 spiro atoms. The van der Waals surface area contributed by atoms with Gasteiger partial charge in [0, 0.05) is 39.3 Å². The monoisotopic (exact) mass is 409 g/mol. The predicted octanol–water partition coefficient (Wildman–Crippen LogP) is 0.534. The average Bonchev–Trinajstić information content (AvgIpc) is 3.10. The van der Waals surface area contributed by atoms with Crippen LogP contribution >= 0.6 is 0 Å². The van der Waals surface area contributed by atoms with Crippen molar-refractivity contribution in [1.82, 2.24) is 9.21 Å². The van der Waals surface area contributed by atoms with Gasteiger partial charge in [-0.2, -0.15) is 4.31 Å². The van der Waals surface area contributed by atoms with Crippen molar-refractivity contribution in [1.29, 1.82) is 0 Å². The summed E-state index contributed by atoms with van der Waals surface area (Å²) in [6.07, 6.45) is 1.52. The van der Waals surface area contributed by atoms with E-state index in [4.69, 9.17) is 9.47 Å². The minimum atomic E-state index is -3.64. The third-order valence-electron chi connectivity index (χ3n) is 5.83. The number of ether oxygens (including phenoxy) is 2. The largest absolute Gasteiger partial charge is 0.383 e. The van der Waals surface area contributed by atoms with Crippen molar-refractivity contribution in [3.63, 3.8) is 0 Å². The maximum absolute atomic E-state index is 13.3. The van der Waals surface area contributed by atoms with Crippen LogP contribution in [0.5, 0.6) is 0 Å². The molecule has 0 bridgehead atoms. The van der Waals surface area contributed by atoms with E-state index >= 15 is 0 Å². The number of methoxy groups -OCH3 is 1. The number of hydrogen-bond acceptors (Lipinski definition) is 6. The van der Waals surface area contributed by atoms with Crippen LogP contribution in [0.1, 0.15) is 12.8 Å². The van der Waals surface area contributed by atoms with Crippen LogP contribution in [0.15, 0.2) is 29.2 Å². The molecule has 0 aliphatic carbocycles. The van der Waals surface area contributed by atoms with Gasteiger partial charge in [0.1, 0.15) is 10.9 Å². The van der Waals surface area contributed by atoms with Crippen molar-refractivity contribution < 1.29 is 22.7 Å². The standard InChI is InChI=1S/C19H27N3O5S/c1-26-11-10-21-14-15-6-7-17(19(23)20-8-12-27-13-9-20)22(15)16-4-2-3-5-18(16)28(21,24)25/h2-5,15,17H,6-14H2,1H3/t15-,17+/m1/s1. The van der Waals surface area contributed by atoms with Crippen LogP contribution < -0.4 is 4.90 Å². The van der Waals surface area contributed by atoms with E-state index in [9.17, 15) is 13.2 Å². The summed E-state index contributed by atoms with van der Waals surface area (Å²) in [5.41, 5.74) is 0.636. The summed E-state index contributed by atoms with van der Waals surface area (Å²) in [5.74, 6) is 0.0725. The molecule has 0 unspecified atom stereocenters. The van der Waals surface area contributed by atoms with Gasteiger partial charge in [-0.3, -0.25) is 4.79 Å². The van der Waals surface area contributed by atoms with Crippen molar-refractivity contribution in [2.24, 2.45) is 0 Å². The predicted molar refractivity (Wildman–Crippen MR) is 104 cm³/mol. The Kier molecular flexibility index (Phi) is 5.59. The molecule has 2 fully saturated rings. The highest BCUT2D eigenvalue weighted by Crippen LogP contribution is 2.40. The number of anilines is 1. The number of hydrogen-bond donors (Lipinski definition) is 0. The quantitative estimate of drug-likeness (QED) is 0.722. The zero-order valence-corrected chi connectivity index (χ0v) is 16.9. The Balaban J connectivity index is 1.70. The van der Waals surface area contributed by atoms with E-state index in [1.807, 2.05) is 17.0 Å². The highest BCUT2D eigenvalue weighted by Gasteiger charge is 2.46. The molecule has 0 aromatic heterocycles. The number of nitrogens with zero attached hydrogens (tertiary/aromatic N) is 3. The minimum Gasteiger partial charge on any atom is -0.383 e. The van der Waals surface area contributed by atoms with E-state index < -0.39 is 10.0 Å². The Hall–Kier alpha value is -1.68. The Bertz CT molecular complexity index is 825. The zero-order valence-electron chi connectivity index (χ0n) is 16.1. The van der Waals surface area contributed by atoms with Crippen molar-refractivity contribution in [3.05, 3.63) is 24.3 Å². The van der Waals surface area contributed by atoms with Crippen LogP contribution in [0, 0.1) is 0 Å². The van der Waals surface area contributed by atoms with Crippen molar-refractivity contribution in [3.8, 4) is 0 Å². The van der Waals surface area contributed by atoms with Gasteiger partial charge in [-0.1, -0.05) is 12.1 Å². The second-order valence-corrected chi connectivity index (χ2v) is 9.32. The highest BCUT2D eigenvalue weighted by atomic mass is 32.2. The van der Waals surface area contributed by atoms with Gasteiger partial charge in [0.05, 0.1) is 25.5 Å². The van der Waals surface area contributed by atoms with Crippen LogP contribution in [0.2, 0.25) is 0 Å². The number of morpholine rings is 1. The Morgan fingerprint density at radius 1 is 1.21 bits per heavy atom. The number of para-hydroxylation sites is 1. The maximum atomic E-state index is 13.3. The first kappa shape index (κ1) is 19.6. The van der Waals surface area contributed by atoms with E-state index in [1.54, 1.807) is 19.2 Å². The van der Waals surface area contributed by atoms with Crippen LogP contribution in [-0.2, 0) is 24.3 Å². The van der Waals surface area contributed by atoms with Crippen molar-refractivity contribution >= 4 is 21.6 Å². The van der Waals surface area contributed by atoms with E-state index in [2.05, 4.69) is 4.90 Å². The van der Waals surface area contributed by atoms with Crippen molar-refractivity contribution in [2.75, 3.05) is 58.0 Å². The summed E-state index contributed by atoms with van der Waals surface area (Å²) < 4.78 is 38.5. The number of benzene rings is 1. The highest BCUT2D eigenvalue weighted by molar-refractivity contribution is 7.89. The number of sulfonamides is 1. The maximum Gasteiger partial charge on any atom is 0.245 e. The van der Waals surface area contributed by atoms with Gasteiger partial charge in [0.15, 0.2) is 0 Å². The number of fused-ring (bicyclic) bond motifs is 3. The van der Waals surface area contributed by atoms with Crippen LogP contribution in [0.25, 0.3) is 0 Å². The molecular formula is C19H27N3O5S. The summed E-state index contributed by atoms with van der Waals surface area (Å²) in [4.78, 5) is 17.4. The number of amides is 1. The molecular weight excluding hydrogens is 382 g/mol. The summed E-state index contributed by atoms with van der Waals surface area (Å²) in [7, 11) is -2.07. The fourth-order valence-electron chi connectivity index (χ4n) is 4.43. The first-order valence-electron chi connectivity index (χ1n) is 9.77. The van der Waals surface area contributed by atoms with Gasteiger partial charge in [-0.25, -0.2) is 8.42 Å². The second-order valence-electron chi connectivity index (χ2n) is 7.42. The first-order valence-corrected chi connectivity index (χ1v) is 11.2. The molecule has 0 saturated carbocycles. The van der Waals surface area contributed by atoms with Crippen molar-refractivity contribution in [2.45, 2.75) is 29.8 Å². The summed E-state index contributed by atoms with van der Waals surface area (Å²) in [6.45, 7) is 3.30. The smallest absolute Gasteiger partial charge is 0.245 e. The van der Waals surface area contributed by atoms with E-state index in [0.717, 1.165) is 12.8 Å². The lowest BCUT2D eigenvalue weighted by atomic mass is 10.1. The molecule has 3 aliphatic heterocycles. The Morgan fingerprint density at radius 3 is 2.71 bits per heavy atom. The molecule has 154 valence electrons. The minimum absolute atomic E-state index is 0.0229. The molecule has 1 amide bonds. The molecule has 8 nitrogen and oxygen atoms in total. The van der Waals surface area contributed by atoms with Gasteiger partial charge in [0.2, 0.25) is 15.9 Å². The molecule has 28 heavy (non-hydrogen) atoms. The molecule has 2 atom stereocenters. The molecule has 3 aliphatic rings. The van der Waals surface area contributed by atoms with E-state index in [-0.39, 0.29) is 22.9 Å². The summed E-state index contributed by atoms with van der Waals surface area (Å²) in [5, 5.41) is 0. The summed E-state index contributed by atoms with van der Waals surface area (Å²) >= 11 is 0. The first-order chi connectivity index (χ1) is 13.5. The lowest BCUT2D eigenvalue weighted by Crippen LogP contribution is -2.52. The fourth-order valence-corrected chi connectivity index (χ4v) is 6.08. The number of carbonyl (C=O) groups is 1. The van der Waals surface area contributed by atoms with Gasteiger partial charge >= 0.3 is 0 Å². The lowest BCUT2D eigenvalue weighted by Gasteiger charge is -2.35. The Morgan fingerprint density at radius 2 is 1.96 bits per heavy atom. The van der Waals surface area contributed by atoms with Crippen LogP contribution in [0.4, 0.5) is 5.69 Å². The molecule has 3 heterocycles. The van der Waals surface area contributed by atoms with Gasteiger partial charge in [-0.05, 0) is 25.0 Å². The molecule has 1 aromatic rings. The zero-order chi connectivity index (χ0) is 19.7. The number of rotatable bonds is 4. The lowest BCUT2D eigenvalue weighted by molar-refractivity contribution is -0.136. The number of carbonyl (C=O) groups excluding carboxylic acids is 1. The molecule has 4 rings (SSSR count). The SMILES string of the molecule is COCCN1C[C@H]2CC[C@@H](C(=O)N3CCOCC3)N2c2ccccc2S1(=O)=O. The summed E-state index contributed by atoms with van der Waals surface area (Å²) in [6, 6.07) is 6.68. The van der Waals surface area contributed by atoms with Gasteiger partial charge in [-0.15, -0.1) is 0 Å². The molecule has 1 aromatic carbocycles. The normalized spacial score (nSPS) is 27.2. The van der Waals surface area contributed by atoms with Gasteiger partial charge < -0.3 is 19.3 Å². The third-order valence-corrected chi connectivity index (χ3v) is 7.74.